The minimum absolute atomic E-state index is 0.0701. The van der Waals surface area contributed by atoms with Crippen molar-refractivity contribution >= 4 is 33.5 Å². The Bertz CT molecular complexity index is 1400. The average molecular weight is 489 g/mol. The van der Waals surface area contributed by atoms with E-state index in [0.29, 0.717) is 13.0 Å². The van der Waals surface area contributed by atoms with Crippen LogP contribution in [0.4, 0.5) is 5.69 Å². The highest BCUT2D eigenvalue weighted by Gasteiger charge is 2.36. The fraction of sp³-hybridized carbons (Fsp3) is 0.407. The fourth-order valence-corrected chi connectivity index (χ4v) is 5.08. The molecule has 4 heterocycles. The van der Waals surface area contributed by atoms with Crippen LogP contribution in [-0.4, -0.2) is 74.3 Å². The van der Waals surface area contributed by atoms with Gasteiger partial charge in [-0.05, 0) is 44.0 Å². The number of nitrogens with zero attached hydrogens (tertiary/aromatic N) is 6. The Labute approximate surface area is 210 Å². The van der Waals surface area contributed by atoms with Crippen molar-refractivity contribution in [3.05, 3.63) is 60.3 Å². The quantitative estimate of drug-likeness (QED) is 0.427. The molecule has 1 atom stereocenters. The van der Waals surface area contributed by atoms with Crippen molar-refractivity contribution in [3.63, 3.8) is 0 Å². The zero-order valence-electron chi connectivity index (χ0n) is 21.0. The van der Waals surface area contributed by atoms with Gasteiger partial charge in [0.2, 0.25) is 5.91 Å². The Morgan fingerprint density at radius 1 is 1.22 bits per heavy atom. The van der Waals surface area contributed by atoms with Crippen molar-refractivity contribution in [1.82, 2.24) is 24.4 Å². The number of likely N-dealkylation sites (N-methyl/N-ethyl adjacent to an activating group) is 1. The van der Waals surface area contributed by atoms with Crippen molar-refractivity contribution in [2.75, 3.05) is 38.2 Å². The highest BCUT2D eigenvalue weighted by atomic mass is 16.5. The van der Waals surface area contributed by atoms with Crippen molar-refractivity contribution in [3.8, 4) is 0 Å². The van der Waals surface area contributed by atoms with Crippen LogP contribution in [0.1, 0.15) is 24.4 Å². The van der Waals surface area contributed by atoms with E-state index in [-0.39, 0.29) is 25.7 Å². The number of anilines is 1. The number of amides is 1. The molecule has 36 heavy (non-hydrogen) atoms. The second-order valence-corrected chi connectivity index (χ2v) is 9.74. The van der Waals surface area contributed by atoms with Crippen LogP contribution in [-0.2, 0) is 23.2 Å². The van der Waals surface area contributed by atoms with Crippen LogP contribution >= 0.6 is 0 Å². The molecule has 1 amide bonds. The summed E-state index contributed by atoms with van der Waals surface area (Å²) < 4.78 is 7.68. The lowest BCUT2D eigenvalue weighted by Crippen LogP contribution is -2.55. The third kappa shape index (κ3) is 4.89. The molecule has 188 valence electrons. The molecule has 3 aromatic heterocycles. The highest BCUT2D eigenvalue weighted by molar-refractivity contribution is 5.91. The SMILES string of the molecule is Cc1cc(N2CCCC(O)(CN(C)C(=O)COCc3nc4ccccc4n3C)C2)c2cnccc2n1. The number of aromatic nitrogens is 4. The number of hydrogen-bond donors (Lipinski definition) is 1. The lowest BCUT2D eigenvalue weighted by molar-refractivity contribution is -0.138. The molecular formula is C27H32N6O3. The number of hydrogen-bond acceptors (Lipinski definition) is 7. The molecule has 1 aliphatic heterocycles. The van der Waals surface area contributed by atoms with Crippen LogP contribution in [0.3, 0.4) is 0 Å². The number of rotatable bonds is 7. The summed E-state index contributed by atoms with van der Waals surface area (Å²) in [5.41, 5.74) is 3.73. The van der Waals surface area contributed by atoms with Gasteiger partial charge in [0.25, 0.3) is 0 Å². The summed E-state index contributed by atoms with van der Waals surface area (Å²) in [5.74, 6) is 0.594. The number of carbonyl (C=O) groups is 1. The van der Waals surface area contributed by atoms with Crippen LogP contribution in [0.2, 0.25) is 0 Å². The number of benzene rings is 1. The molecule has 1 aromatic carbocycles. The van der Waals surface area contributed by atoms with Crippen molar-refractivity contribution in [2.24, 2.45) is 7.05 Å². The third-order valence-corrected chi connectivity index (χ3v) is 6.91. The van der Waals surface area contributed by atoms with Crippen LogP contribution in [0.5, 0.6) is 0 Å². The first-order valence-electron chi connectivity index (χ1n) is 12.2. The summed E-state index contributed by atoms with van der Waals surface area (Å²) in [4.78, 5) is 30.0. The van der Waals surface area contributed by atoms with Gasteiger partial charge >= 0.3 is 0 Å². The van der Waals surface area contributed by atoms with Gasteiger partial charge in [0.1, 0.15) is 19.0 Å². The normalized spacial score (nSPS) is 18.2. The van der Waals surface area contributed by atoms with Gasteiger partial charge in [-0.25, -0.2) is 4.98 Å². The van der Waals surface area contributed by atoms with Gasteiger partial charge in [-0.2, -0.15) is 0 Å². The van der Waals surface area contributed by atoms with E-state index in [4.69, 9.17) is 4.74 Å². The van der Waals surface area contributed by atoms with Crippen LogP contribution < -0.4 is 4.90 Å². The number of para-hydroxylation sites is 2. The number of ether oxygens (including phenoxy) is 1. The Hall–Kier alpha value is -3.56. The molecular weight excluding hydrogens is 456 g/mol. The maximum absolute atomic E-state index is 12.8. The standard InChI is InChI=1S/C27H32N6O3/c1-19-13-24(20-14-28-11-9-21(20)29-19)33-12-6-10-27(35,18-33)17-31(2)26(34)16-36-15-25-30-22-7-4-5-8-23(22)32(25)3/h4-5,7-9,11,13-14,35H,6,10,12,15-18H2,1-3H3. The van der Waals surface area contributed by atoms with Crippen molar-refractivity contribution in [1.29, 1.82) is 0 Å². The van der Waals surface area contributed by atoms with Gasteiger partial charge in [0, 0.05) is 56.3 Å². The second kappa shape index (κ2) is 9.83. The number of fused-ring (bicyclic) bond motifs is 2. The monoisotopic (exact) mass is 488 g/mol. The molecule has 5 rings (SSSR count). The van der Waals surface area contributed by atoms with E-state index in [9.17, 15) is 9.90 Å². The van der Waals surface area contributed by atoms with Gasteiger partial charge in [-0.1, -0.05) is 12.1 Å². The molecule has 9 nitrogen and oxygen atoms in total. The van der Waals surface area contributed by atoms with E-state index >= 15 is 0 Å². The molecule has 1 unspecified atom stereocenters. The molecule has 0 spiro atoms. The Balaban J connectivity index is 1.21. The third-order valence-electron chi connectivity index (χ3n) is 6.91. The summed E-state index contributed by atoms with van der Waals surface area (Å²) in [5, 5.41) is 12.4. The molecule has 1 aliphatic rings. The molecule has 0 saturated carbocycles. The molecule has 4 aromatic rings. The summed E-state index contributed by atoms with van der Waals surface area (Å²) in [6.45, 7) is 3.63. The number of piperidine rings is 1. The zero-order chi connectivity index (χ0) is 25.3. The number of imidazole rings is 1. The predicted molar refractivity (Wildman–Crippen MR) is 139 cm³/mol. The molecule has 1 saturated heterocycles. The summed E-state index contributed by atoms with van der Waals surface area (Å²) in [7, 11) is 3.66. The smallest absolute Gasteiger partial charge is 0.248 e. The van der Waals surface area contributed by atoms with Gasteiger partial charge in [0.05, 0.1) is 28.7 Å². The first kappa shape index (κ1) is 24.1. The highest BCUT2D eigenvalue weighted by Crippen LogP contribution is 2.31. The lowest BCUT2D eigenvalue weighted by atomic mass is 9.91. The van der Waals surface area contributed by atoms with Gasteiger partial charge in [-0.15, -0.1) is 0 Å². The topological polar surface area (TPSA) is 96.6 Å². The van der Waals surface area contributed by atoms with Crippen LogP contribution in [0.25, 0.3) is 21.9 Å². The number of carbonyl (C=O) groups excluding carboxylic acids is 1. The maximum atomic E-state index is 12.8. The van der Waals surface area contributed by atoms with Gasteiger partial charge in [0.15, 0.2) is 0 Å². The van der Waals surface area contributed by atoms with Crippen LogP contribution in [0, 0.1) is 6.92 Å². The second-order valence-electron chi connectivity index (χ2n) is 9.74. The molecule has 0 aliphatic carbocycles. The van der Waals surface area contributed by atoms with E-state index in [2.05, 4.69) is 19.9 Å². The van der Waals surface area contributed by atoms with E-state index in [0.717, 1.165) is 52.1 Å². The first-order chi connectivity index (χ1) is 17.3. The minimum Gasteiger partial charge on any atom is -0.386 e. The van der Waals surface area contributed by atoms with E-state index in [1.54, 1.807) is 18.1 Å². The summed E-state index contributed by atoms with van der Waals surface area (Å²) in [6, 6.07) is 11.8. The maximum Gasteiger partial charge on any atom is 0.248 e. The lowest BCUT2D eigenvalue weighted by Gasteiger charge is -2.42. The average Bonchev–Trinajstić information content (AvgIpc) is 3.18. The van der Waals surface area contributed by atoms with Gasteiger partial charge < -0.3 is 24.2 Å². The molecule has 1 N–H and O–H groups in total. The van der Waals surface area contributed by atoms with E-state index < -0.39 is 5.60 Å². The number of β-amino-alcohol motifs (C(OH)–C–C–N with tert-alkyl or cyclic N) is 1. The summed E-state index contributed by atoms with van der Waals surface area (Å²) in [6.07, 6.45) is 5.01. The Kier molecular flexibility index (Phi) is 6.59. The molecule has 0 bridgehead atoms. The Morgan fingerprint density at radius 3 is 2.89 bits per heavy atom. The van der Waals surface area contributed by atoms with E-state index in [1.165, 1.54) is 0 Å². The largest absolute Gasteiger partial charge is 0.386 e. The molecule has 1 fully saturated rings. The van der Waals surface area contributed by atoms with Crippen LogP contribution in [0.15, 0.2) is 48.8 Å². The predicted octanol–water partition coefficient (Wildman–Crippen LogP) is 2.83. The number of aryl methyl sites for hydroxylation is 2. The Morgan fingerprint density at radius 2 is 2.06 bits per heavy atom. The summed E-state index contributed by atoms with van der Waals surface area (Å²) >= 11 is 0. The van der Waals surface area contributed by atoms with E-state index in [1.807, 2.05) is 61.1 Å². The van der Waals surface area contributed by atoms with Gasteiger partial charge in [-0.3, -0.25) is 14.8 Å². The minimum atomic E-state index is -1.02. The molecule has 9 heteroatoms. The zero-order valence-corrected chi connectivity index (χ0v) is 21.0. The first-order valence-corrected chi connectivity index (χ1v) is 12.2. The number of pyridine rings is 2. The van der Waals surface area contributed by atoms with Crippen molar-refractivity contribution < 1.29 is 14.6 Å². The number of aliphatic hydroxyl groups is 1. The molecule has 0 radical (unpaired) electrons. The van der Waals surface area contributed by atoms with Crippen molar-refractivity contribution in [2.45, 2.75) is 32.0 Å². The fourth-order valence-electron chi connectivity index (χ4n) is 5.08.